The van der Waals surface area contributed by atoms with Gasteiger partial charge in [0.15, 0.2) is 0 Å². The number of alkyl halides is 3. The van der Waals surface area contributed by atoms with E-state index in [1.807, 2.05) is 0 Å². The molecule has 1 aliphatic heterocycles. The van der Waals surface area contributed by atoms with Crippen LogP contribution < -0.4 is 4.90 Å². The van der Waals surface area contributed by atoms with Crippen LogP contribution >= 0.6 is 34.8 Å². The first-order valence-corrected chi connectivity index (χ1v) is 6.83. The molecule has 1 aromatic carbocycles. The number of anilines is 1. The van der Waals surface area contributed by atoms with E-state index in [0.717, 1.165) is 15.9 Å². The summed E-state index contributed by atoms with van der Waals surface area (Å²) in [7, 11) is 1.26. The molecule has 0 radical (unpaired) electrons. The van der Waals surface area contributed by atoms with Gasteiger partial charge in [-0.2, -0.15) is 0 Å². The number of rotatable bonds is 2. The number of amidine groups is 1. The molecule has 0 spiro atoms. The van der Waals surface area contributed by atoms with Gasteiger partial charge in [-0.25, -0.2) is 14.1 Å². The summed E-state index contributed by atoms with van der Waals surface area (Å²) in [5.41, 5.74) is -0.0942. The molecule has 0 aliphatic carbocycles. The lowest BCUT2D eigenvalue weighted by molar-refractivity contribution is -0.119. The highest BCUT2D eigenvalue weighted by molar-refractivity contribution is 6.68. The van der Waals surface area contributed by atoms with E-state index in [2.05, 4.69) is 4.99 Å². The highest BCUT2D eigenvalue weighted by Crippen LogP contribution is 2.28. The number of nitrogens with zero attached hydrogens (tertiary/aromatic N) is 3. The van der Waals surface area contributed by atoms with Crippen LogP contribution in [0, 0.1) is 5.82 Å². The van der Waals surface area contributed by atoms with E-state index in [1.165, 1.54) is 25.2 Å². The van der Waals surface area contributed by atoms with Crippen molar-refractivity contribution in [3.05, 3.63) is 30.1 Å². The second kappa shape index (κ2) is 5.79. The third-order valence-electron chi connectivity index (χ3n) is 2.69. The number of benzene rings is 1. The second-order valence-electron chi connectivity index (χ2n) is 4.19. The van der Waals surface area contributed by atoms with E-state index in [0.29, 0.717) is 0 Å². The van der Waals surface area contributed by atoms with Gasteiger partial charge in [0.25, 0.3) is 5.91 Å². The zero-order chi connectivity index (χ0) is 15.8. The SMILES string of the molecule is CN1C(=O)C(=NCC(Cl)(Cl)Cl)N(c2ccccc2F)C1=O. The molecule has 0 N–H and O–H groups in total. The number of amides is 3. The number of urea groups is 1. The summed E-state index contributed by atoms with van der Waals surface area (Å²) in [6, 6.07) is 4.78. The molecule has 1 aliphatic rings. The zero-order valence-electron chi connectivity index (χ0n) is 10.7. The summed E-state index contributed by atoms with van der Waals surface area (Å²) in [5.74, 6) is -1.66. The van der Waals surface area contributed by atoms with E-state index < -0.39 is 21.5 Å². The summed E-state index contributed by atoms with van der Waals surface area (Å²) in [6.45, 7) is -0.342. The van der Waals surface area contributed by atoms with Gasteiger partial charge in [-0.05, 0) is 12.1 Å². The maximum atomic E-state index is 13.9. The van der Waals surface area contributed by atoms with Crippen LogP contribution in [-0.2, 0) is 4.79 Å². The zero-order valence-corrected chi connectivity index (χ0v) is 13.0. The summed E-state index contributed by atoms with van der Waals surface area (Å²) < 4.78 is 12.1. The molecule has 1 heterocycles. The van der Waals surface area contributed by atoms with E-state index in [9.17, 15) is 14.0 Å². The van der Waals surface area contributed by atoms with Crippen LogP contribution in [0.3, 0.4) is 0 Å². The monoisotopic (exact) mass is 351 g/mol. The number of carbonyl (C=O) groups excluding carboxylic acids is 2. The normalized spacial score (nSPS) is 18.0. The Hall–Kier alpha value is -1.37. The minimum absolute atomic E-state index is 0.0942. The molecule has 9 heteroatoms. The van der Waals surface area contributed by atoms with Gasteiger partial charge < -0.3 is 0 Å². The minimum Gasteiger partial charge on any atom is -0.265 e. The molecular formula is C12H9Cl3FN3O2. The van der Waals surface area contributed by atoms with Crippen LogP contribution in [0.4, 0.5) is 14.9 Å². The van der Waals surface area contributed by atoms with Crippen molar-refractivity contribution in [2.24, 2.45) is 4.99 Å². The number of imide groups is 1. The number of para-hydroxylation sites is 1. The molecule has 2 rings (SSSR count). The van der Waals surface area contributed by atoms with Crippen LogP contribution in [0.5, 0.6) is 0 Å². The third kappa shape index (κ3) is 3.28. The molecule has 1 aromatic rings. The van der Waals surface area contributed by atoms with Gasteiger partial charge in [0.2, 0.25) is 9.63 Å². The van der Waals surface area contributed by atoms with E-state index in [4.69, 9.17) is 34.8 Å². The molecular weight excluding hydrogens is 344 g/mol. The van der Waals surface area contributed by atoms with Crippen molar-refractivity contribution in [3.8, 4) is 0 Å². The van der Waals surface area contributed by atoms with Crippen LogP contribution in [-0.4, -0.2) is 40.1 Å². The van der Waals surface area contributed by atoms with Gasteiger partial charge in [-0.1, -0.05) is 46.9 Å². The fraction of sp³-hybridized carbons (Fsp3) is 0.250. The van der Waals surface area contributed by atoms with Crippen molar-refractivity contribution in [1.29, 1.82) is 0 Å². The first-order valence-electron chi connectivity index (χ1n) is 5.70. The largest absolute Gasteiger partial charge is 0.337 e. The number of aliphatic imine (C=N–C) groups is 1. The number of likely N-dealkylation sites (N-methyl/N-ethyl adjacent to an activating group) is 1. The number of halogens is 4. The molecule has 0 atom stereocenters. The molecule has 1 fully saturated rings. The van der Waals surface area contributed by atoms with Crippen LogP contribution in [0.15, 0.2) is 29.3 Å². The Labute approximate surface area is 134 Å². The number of hydrogen-bond acceptors (Lipinski definition) is 3. The summed E-state index contributed by atoms with van der Waals surface area (Å²) in [6.07, 6.45) is 0. The summed E-state index contributed by atoms with van der Waals surface area (Å²) >= 11 is 16.7. The lowest BCUT2D eigenvalue weighted by Crippen LogP contribution is -2.32. The van der Waals surface area contributed by atoms with Gasteiger partial charge in [-0.3, -0.25) is 14.7 Å². The predicted octanol–water partition coefficient (Wildman–Crippen LogP) is 2.99. The fourth-order valence-electron chi connectivity index (χ4n) is 1.73. The Morgan fingerprint density at radius 2 is 1.86 bits per heavy atom. The van der Waals surface area contributed by atoms with Gasteiger partial charge in [0.05, 0.1) is 12.2 Å². The third-order valence-corrected chi connectivity index (χ3v) is 3.05. The fourth-order valence-corrected chi connectivity index (χ4v) is 1.91. The average molecular weight is 353 g/mol. The van der Waals surface area contributed by atoms with Crippen molar-refractivity contribution in [2.75, 3.05) is 18.5 Å². The van der Waals surface area contributed by atoms with Crippen molar-refractivity contribution >= 4 is 58.3 Å². The number of carbonyl (C=O) groups is 2. The van der Waals surface area contributed by atoms with Crippen molar-refractivity contribution in [3.63, 3.8) is 0 Å². The van der Waals surface area contributed by atoms with Crippen LogP contribution in [0.2, 0.25) is 0 Å². The molecule has 0 bridgehead atoms. The quantitative estimate of drug-likeness (QED) is 0.607. The Kier molecular flexibility index (Phi) is 4.41. The lowest BCUT2D eigenvalue weighted by atomic mass is 10.3. The summed E-state index contributed by atoms with van der Waals surface area (Å²) in [5, 5.41) is 0. The van der Waals surface area contributed by atoms with E-state index >= 15 is 0 Å². The first kappa shape index (κ1) is 16.0. The second-order valence-corrected chi connectivity index (χ2v) is 6.70. The van der Waals surface area contributed by atoms with Crippen molar-refractivity contribution in [1.82, 2.24) is 4.90 Å². The highest BCUT2D eigenvalue weighted by Gasteiger charge is 2.42. The van der Waals surface area contributed by atoms with Crippen molar-refractivity contribution in [2.45, 2.75) is 3.79 Å². The Morgan fingerprint density at radius 1 is 1.24 bits per heavy atom. The van der Waals surface area contributed by atoms with Gasteiger partial charge in [0.1, 0.15) is 5.82 Å². The maximum Gasteiger partial charge on any atom is 0.337 e. The molecule has 0 saturated carbocycles. The molecule has 5 nitrogen and oxygen atoms in total. The van der Waals surface area contributed by atoms with Crippen molar-refractivity contribution < 1.29 is 14.0 Å². The first-order chi connectivity index (χ1) is 9.72. The van der Waals surface area contributed by atoms with Crippen LogP contribution in [0.1, 0.15) is 0 Å². The average Bonchev–Trinajstić information content (AvgIpc) is 2.61. The summed E-state index contributed by atoms with van der Waals surface area (Å²) in [4.78, 5) is 29.6. The molecule has 21 heavy (non-hydrogen) atoms. The van der Waals surface area contributed by atoms with Gasteiger partial charge >= 0.3 is 6.03 Å². The Morgan fingerprint density at radius 3 is 2.43 bits per heavy atom. The smallest absolute Gasteiger partial charge is 0.265 e. The minimum atomic E-state index is -1.72. The van der Waals surface area contributed by atoms with Gasteiger partial charge in [0, 0.05) is 7.05 Å². The Bertz CT molecular complexity index is 630. The van der Waals surface area contributed by atoms with Gasteiger partial charge in [-0.15, -0.1) is 0 Å². The Balaban J connectivity index is 2.48. The van der Waals surface area contributed by atoms with Crippen LogP contribution in [0.25, 0.3) is 0 Å². The number of hydrogen-bond donors (Lipinski definition) is 0. The molecule has 3 amide bonds. The molecule has 1 saturated heterocycles. The molecule has 112 valence electrons. The van der Waals surface area contributed by atoms with E-state index in [-0.39, 0.29) is 18.1 Å². The standard InChI is InChI=1S/C12H9Cl3FN3O2/c1-18-10(20)9(17-6-12(13,14)15)19(11(18)21)8-5-3-2-4-7(8)16/h2-5H,6H2,1H3. The molecule has 0 unspecified atom stereocenters. The predicted molar refractivity (Wildman–Crippen MR) is 79.6 cm³/mol. The van der Waals surface area contributed by atoms with E-state index in [1.54, 1.807) is 0 Å². The maximum absolute atomic E-state index is 13.9. The highest BCUT2D eigenvalue weighted by atomic mass is 35.6. The molecule has 0 aromatic heterocycles. The topological polar surface area (TPSA) is 53.0 Å². The lowest BCUT2D eigenvalue weighted by Gasteiger charge is -2.16.